The monoisotopic (exact) mass is 463 g/mol. The van der Waals surface area contributed by atoms with Gasteiger partial charge in [0.2, 0.25) is 0 Å². The molecule has 0 aliphatic carbocycles. The van der Waals surface area contributed by atoms with Gasteiger partial charge in [0, 0.05) is 34.6 Å². The highest BCUT2D eigenvalue weighted by Crippen LogP contribution is 2.35. The molecule has 0 radical (unpaired) electrons. The maximum Gasteiger partial charge on any atom is 0.314 e. The van der Waals surface area contributed by atoms with E-state index < -0.39 is 0 Å². The lowest BCUT2D eigenvalue weighted by molar-refractivity contribution is 0.772. The lowest BCUT2D eigenvalue weighted by Gasteiger charge is -2.35. The summed E-state index contributed by atoms with van der Waals surface area (Å²) in [6.45, 7) is 0.136. The van der Waals surface area contributed by atoms with Crippen molar-refractivity contribution >= 4 is 29.6 Å². The molecule has 4 aromatic rings. The average molecular weight is 463 g/mol. The van der Waals surface area contributed by atoms with Gasteiger partial charge >= 0.3 is 6.85 Å². The van der Waals surface area contributed by atoms with Gasteiger partial charge in [-0.05, 0) is 66.9 Å². The Morgan fingerprint density at radius 2 is 0.889 bits per heavy atom. The Balaban J connectivity index is 1.34. The first-order valence-corrected chi connectivity index (χ1v) is 12.2. The molecule has 6 rings (SSSR count). The second kappa shape index (κ2) is 9.89. The SMILES string of the molecule is C1=CC(N(c2ccccc2)c2ccccc2)=CN2C=CC(N(c3ccccc3)c3ccccc3)=CB12. The summed E-state index contributed by atoms with van der Waals surface area (Å²) in [5, 5.41) is 0. The zero-order valence-corrected chi connectivity index (χ0v) is 19.9. The second-order valence-electron chi connectivity index (χ2n) is 8.77. The first-order chi connectivity index (χ1) is 17.9. The molecule has 0 aromatic heterocycles. The molecule has 0 atom stereocenters. The number of fused-ring (bicyclic) bond motifs is 1. The number of nitrogens with zero attached hydrogens (tertiary/aromatic N) is 3. The van der Waals surface area contributed by atoms with Crippen molar-refractivity contribution in [3.63, 3.8) is 0 Å². The predicted octanol–water partition coefficient (Wildman–Crippen LogP) is 7.86. The minimum Gasteiger partial charge on any atom is -0.388 e. The number of allylic oxidation sites excluding steroid dienone is 2. The molecular weight excluding hydrogens is 437 g/mol. The Morgan fingerprint density at radius 1 is 0.472 bits per heavy atom. The Morgan fingerprint density at radius 3 is 1.33 bits per heavy atom. The molecule has 2 aliphatic heterocycles. The molecular formula is C32H26BN3. The summed E-state index contributed by atoms with van der Waals surface area (Å²) in [6, 6.07) is 42.1. The summed E-state index contributed by atoms with van der Waals surface area (Å²) >= 11 is 0. The van der Waals surface area contributed by atoms with Crippen molar-refractivity contribution in [2.24, 2.45) is 0 Å². The third-order valence-corrected chi connectivity index (χ3v) is 6.42. The summed E-state index contributed by atoms with van der Waals surface area (Å²) in [5.74, 6) is 4.59. The molecule has 4 heteroatoms. The first kappa shape index (κ1) is 21.8. The molecule has 0 spiro atoms. The van der Waals surface area contributed by atoms with Gasteiger partial charge in [-0.15, -0.1) is 0 Å². The fourth-order valence-corrected chi connectivity index (χ4v) is 4.74. The lowest BCUT2D eigenvalue weighted by Crippen LogP contribution is -2.36. The highest BCUT2D eigenvalue weighted by molar-refractivity contribution is 6.68. The summed E-state index contributed by atoms with van der Waals surface area (Å²) < 4.78 is 0. The highest BCUT2D eigenvalue weighted by atomic mass is 15.2. The molecule has 0 unspecified atom stereocenters. The fraction of sp³-hybridized carbons (Fsp3) is 0. The van der Waals surface area contributed by atoms with Crippen LogP contribution in [0, 0.1) is 0 Å². The largest absolute Gasteiger partial charge is 0.388 e. The minimum absolute atomic E-state index is 0.136. The van der Waals surface area contributed by atoms with E-state index in [0.717, 1.165) is 34.1 Å². The quantitative estimate of drug-likeness (QED) is 0.270. The number of rotatable bonds is 6. The van der Waals surface area contributed by atoms with E-state index in [1.807, 2.05) is 0 Å². The van der Waals surface area contributed by atoms with Crippen LogP contribution >= 0.6 is 0 Å². The molecule has 3 nitrogen and oxygen atoms in total. The Bertz CT molecular complexity index is 1240. The van der Waals surface area contributed by atoms with Gasteiger partial charge in [0.15, 0.2) is 0 Å². The van der Waals surface area contributed by atoms with Crippen LogP contribution in [0.2, 0.25) is 0 Å². The van der Waals surface area contributed by atoms with E-state index in [1.54, 1.807) is 0 Å². The third kappa shape index (κ3) is 4.37. The van der Waals surface area contributed by atoms with Crippen molar-refractivity contribution in [2.75, 3.05) is 9.80 Å². The number of para-hydroxylation sites is 4. The summed E-state index contributed by atoms with van der Waals surface area (Å²) in [5.41, 5.74) is 6.82. The Hall–Kier alpha value is -4.70. The molecule has 0 fully saturated rings. The predicted molar refractivity (Wildman–Crippen MR) is 152 cm³/mol. The summed E-state index contributed by atoms with van der Waals surface area (Å²) in [6.07, 6.45) is 8.82. The number of anilines is 4. The molecule has 0 saturated heterocycles. The van der Waals surface area contributed by atoms with Crippen LogP contribution in [-0.4, -0.2) is 11.7 Å². The van der Waals surface area contributed by atoms with Crippen molar-refractivity contribution in [3.8, 4) is 0 Å². The van der Waals surface area contributed by atoms with Gasteiger partial charge in [0.05, 0.1) is 5.70 Å². The van der Waals surface area contributed by atoms with Crippen molar-refractivity contribution in [1.82, 2.24) is 4.81 Å². The summed E-state index contributed by atoms with van der Waals surface area (Å²) in [4.78, 5) is 6.87. The van der Waals surface area contributed by atoms with Gasteiger partial charge in [-0.3, -0.25) is 0 Å². The zero-order chi connectivity index (χ0) is 24.2. The molecule has 36 heavy (non-hydrogen) atoms. The molecule has 2 heterocycles. The Labute approximate surface area is 213 Å². The Kier molecular flexibility index (Phi) is 5.99. The van der Waals surface area contributed by atoms with Crippen molar-refractivity contribution in [1.29, 1.82) is 0 Å². The van der Waals surface area contributed by atoms with Crippen molar-refractivity contribution in [2.45, 2.75) is 0 Å². The van der Waals surface area contributed by atoms with Gasteiger partial charge in [0.1, 0.15) is 0 Å². The molecule has 0 saturated carbocycles. The maximum atomic E-state index is 2.32. The summed E-state index contributed by atoms with van der Waals surface area (Å²) in [7, 11) is 0. The van der Waals surface area contributed by atoms with E-state index in [-0.39, 0.29) is 6.85 Å². The van der Waals surface area contributed by atoms with Crippen LogP contribution in [-0.2, 0) is 0 Å². The average Bonchev–Trinajstić information content (AvgIpc) is 2.96. The van der Waals surface area contributed by atoms with Gasteiger partial charge < -0.3 is 14.6 Å². The molecule has 0 N–H and O–H groups in total. The topological polar surface area (TPSA) is 9.72 Å². The smallest absolute Gasteiger partial charge is 0.314 e. The van der Waals surface area contributed by atoms with Gasteiger partial charge in [-0.1, -0.05) is 84.7 Å². The van der Waals surface area contributed by atoms with E-state index in [9.17, 15) is 0 Å². The normalized spacial score (nSPS) is 14.1. The van der Waals surface area contributed by atoms with E-state index in [4.69, 9.17) is 0 Å². The van der Waals surface area contributed by atoms with Crippen LogP contribution in [0.3, 0.4) is 0 Å². The van der Waals surface area contributed by atoms with Gasteiger partial charge in [0.25, 0.3) is 0 Å². The van der Waals surface area contributed by atoms with Crippen LogP contribution in [0.1, 0.15) is 0 Å². The fourth-order valence-electron chi connectivity index (χ4n) is 4.74. The maximum absolute atomic E-state index is 2.32. The third-order valence-electron chi connectivity index (χ3n) is 6.42. The minimum atomic E-state index is 0.136. The van der Waals surface area contributed by atoms with Crippen LogP contribution in [0.25, 0.3) is 0 Å². The first-order valence-electron chi connectivity index (χ1n) is 12.2. The molecule has 0 bridgehead atoms. The van der Waals surface area contributed by atoms with Crippen LogP contribution in [0.15, 0.2) is 169 Å². The molecule has 4 aromatic carbocycles. The van der Waals surface area contributed by atoms with Crippen LogP contribution in [0.5, 0.6) is 0 Å². The highest BCUT2D eigenvalue weighted by Gasteiger charge is 2.26. The van der Waals surface area contributed by atoms with E-state index in [2.05, 4.69) is 172 Å². The number of hydrogen-bond acceptors (Lipinski definition) is 3. The van der Waals surface area contributed by atoms with E-state index in [0.29, 0.717) is 0 Å². The molecule has 172 valence electrons. The van der Waals surface area contributed by atoms with Crippen molar-refractivity contribution in [3.05, 3.63) is 169 Å². The van der Waals surface area contributed by atoms with Crippen LogP contribution in [0.4, 0.5) is 22.7 Å². The van der Waals surface area contributed by atoms with Gasteiger partial charge in [-0.2, -0.15) is 0 Å². The second-order valence-corrected chi connectivity index (χ2v) is 8.77. The van der Waals surface area contributed by atoms with E-state index in [1.165, 1.54) is 0 Å². The van der Waals surface area contributed by atoms with Gasteiger partial charge in [-0.25, -0.2) is 0 Å². The van der Waals surface area contributed by atoms with Crippen LogP contribution < -0.4 is 9.80 Å². The molecule has 0 amide bonds. The lowest BCUT2D eigenvalue weighted by atomic mass is 9.57. The number of benzene rings is 4. The van der Waals surface area contributed by atoms with E-state index >= 15 is 0 Å². The standard InChI is InChI=1S/C32H26BN3/c1-5-13-27(14-6-1)35(28-15-7-2-8-16-28)31-22-24-34-26-32(21-23-33(34)25-31)36(29-17-9-3-10-18-29)30-19-11-4-12-20-30/h1-26H. The van der Waals surface area contributed by atoms with Crippen molar-refractivity contribution < 1.29 is 0 Å². The number of hydrogen-bond donors (Lipinski definition) is 0. The zero-order valence-electron chi connectivity index (χ0n) is 19.9. The molecule has 2 aliphatic rings.